The van der Waals surface area contributed by atoms with Crippen LogP contribution in [0, 0.1) is 0 Å². The Morgan fingerprint density at radius 2 is 1.91 bits per heavy atom. The largest absolute Gasteiger partial charge is 0.492 e. The van der Waals surface area contributed by atoms with Gasteiger partial charge >= 0.3 is 0 Å². The number of anilines is 1. The van der Waals surface area contributed by atoms with Crippen molar-refractivity contribution in [3.63, 3.8) is 0 Å². The highest BCUT2D eigenvalue weighted by Crippen LogP contribution is 2.07. The van der Waals surface area contributed by atoms with Crippen LogP contribution in [-0.4, -0.2) is 43.6 Å². The highest BCUT2D eigenvalue weighted by atomic mass is 16.5. The molecule has 0 bridgehead atoms. The van der Waals surface area contributed by atoms with E-state index in [-0.39, 0.29) is 5.56 Å². The number of hydrogen-bond acceptors (Lipinski definition) is 5. The van der Waals surface area contributed by atoms with E-state index in [0.717, 1.165) is 18.1 Å². The van der Waals surface area contributed by atoms with Crippen LogP contribution in [0.3, 0.4) is 0 Å². The molecule has 0 saturated carbocycles. The minimum absolute atomic E-state index is 0.0899. The molecule has 1 heterocycles. The van der Waals surface area contributed by atoms with Crippen LogP contribution in [0.5, 0.6) is 5.75 Å². The lowest BCUT2D eigenvalue weighted by molar-refractivity contribution is 0.312. The maximum Gasteiger partial charge on any atom is 0.266 e. The molecule has 22 heavy (non-hydrogen) atoms. The third kappa shape index (κ3) is 4.89. The molecule has 2 aromatic rings. The van der Waals surface area contributed by atoms with Crippen LogP contribution in [0.15, 0.2) is 47.3 Å². The summed E-state index contributed by atoms with van der Waals surface area (Å²) < 4.78 is 7.05. The summed E-state index contributed by atoms with van der Waals surface area (Å²) in [6.07, 6.45) is 0. The molecule has 6 heteroatoms. The lowest BCUT2D eigenvalue weighted by atomic mass is 10.3. The molecule has 118 valence electrons. The summed E-state index contributed by atoms with van der Waals surface area (Å²) >= 11 is 0. The monoisotopic (exact) mass is 302 g/mol. The third-order valence-electron chi connectivity index (χ3n) is 3.10. The number of aromatic nitrogens is 2. The quantitative estimate of drug-likeness (QED) is 0.737. The molecule has 6 nitrogen and oxygen atoms in total. The third-order valence-corrected chi connectivity index (χ3v) is 3.10. The fourth-order valence-electron chi connectivity index (χ4n) is 1.90. The summed E-state index contributed by atoms with van der Waals surface area (Å²) in [5, 5.41) is 7.54. The Hall–Kier alpha value is -2.34. The number of hydrogen-bond donors (Lipinski definition) is 1. The maximum absolute atomic E-state index is 11.7. The van der Waals surface area contributed by atoms with Gasteiger partial charge in [-0.15, -0.1) is 0 Å². The summed E-state index contributed by atoms with van der Waals surface area (Å²) in [6.45, 7) is 2.51. The fraction of sp³-hybridized carbons (Fsp3) is 0.375. The van der Waals surface area contributed by atoms with Gasteiger partial charge in [-0.25, -0.2) is 4.68 Å². The Bertz CT molecular complexity index is 626. The summed E-state index contributed by atoms with van der Waals surface area (Å²) in [6, 6.07) is 13.0. The standard InChI is InChI=1S/C16H22N4O2/c1-19(2)15-8-9-16(21)20(18-15)12-10-17-11-13-22-14-6-4-3-5-7-14/h3-9,17H,10-13H2,1-2H3. The first-order chi connectivity index (χ1) is 10.7. The molecule has 0 aliphatic carbocycles. The SMILES string of the molecule is CN(C)c1ccc(=O)n(CCNCCOc2ccccc2)n1. The van der Waals surface area contributed by atoms with Gasteiger partial charge in [0.05, 0.1) is 6.54 Å². The number of nitrogens with one attached hydrogen (secondary N) is 1. The van der Waals surface area contributed by atoms with Crippen LogP contribution >= 0.6 is 0 Å². The van der Waals surface area contributed by atoms with E-state index in [1.165, 1.54) is 4.68 Å². The van der Waals surface area contributed by atoms with E-state index in [9.17, 15) is 4.79 Å². The molecule has 0 amide bonds. The van der Waals surface area contributed by atoms with Crippen molar-refractivity contribution in [2.75, 3.05) is 38.7 Å². The van der Waals surface area contributed by atoms with Gasteiger partial charge in [0.15, 0.2) is 0 Å². The zero-order valence-corrected chi connectivity index (χ0v) is 13.0. The number of ether oxygens (including phenoxy) is 1. The van der Waals surface area contributed by atoms with Gasteiger partial charge in [0, 0.05) is 33.3 Å². The fourth-order valence-corrected chi connectivity index (χ4v) is 1.90. The Morgan fingerprint density at radius 1 is 1.14 bits per heavy atom. The number of nitrogens with zero attached hydrogens (tertiary/aromatic N) is 3. The Balaban J connectivity index is 1.70. The second kappa shape index (κ2) is 8.19. The second-order valence-corrected chi connectivity index (χ2v) is 5.06. The van der Waals surface area contributed by atoms with E-state index in [0.29, 0.717) is 19.7 Å². The predicted octanol–water partition coefficient (Wildman–Crippen LogP) is 0.978. The van der Waals surface area contributed by atoms with E-state index in [2.05, 4.69) is 10.4 Å². The van der Waals surface area contributed by atoms with Crippen molar-refractivity contribution in [1.29, 1.82) is 0 Å². The molecule has 0 atom stereocenters. The smallest absolute Gasteiger partial charge is 0.266 e. The Labute approximate surface area is 130 Å². The van der Waals surface area contributed by atoms with Crippen LogP contribution in [0.1, 0.15) is 0 Å². The molecular weight excluding hydrogens is 280 g/mol. The molecule has 1 N–H and O–H groups in total. The first-order valence-corrected chi connectivity index (χ1v) is 7.31. The highest BCUT2D eigenvalue weighted by Gasteiger charge is 2.01. The van der Waals surface area contributed by atoms with Gasteiger partial charge in [-0.3, -0.25) is 4.79 Å². The van der Waals surface area contributed by atoms with Crippen molar-refractivity contribution in [3.05, 3.63) is 52.8 Å². The van der Waals surface area contributed by atoms with Crippen molar-refractivity contribution in [3.8, 4) is 5.75 Å². The van der Waals surface area contributed by atoms with Crippen LogP contribution < -0.4 is 20.5 Å². The molecule has 0 aliphatic heterocycles. The summed E-state index contributed by atoms with van der Waals surface area (Å²) in [5.41, 5.74) is -0.0899. The predicted molar refractivity (Wildman–Crippen MR) is 87.6 cm³/mol. The molecule has 0 fully saturated rings. The molecule has 0 aliphatic rings. The van der Waals surface area contributed by atoms with Gasteiger partial charge in [0.2, 0.25) is 0 Å². The maximum atomic E-state index is 11.7. The molecule has 0 radical (unpaired) electrons. The minimum Gasteiger partial charge on any atom is -0.492 e. The molecule has 0 unspecified atom stereocenters. The normalized spacial score (nSPS) is 10.5. The van der Waals surface area contributed by atoms with Crippen LogP contribution in [-0.2, 0) is 6.54 Å². The van der Waals surface area contributed by atoms with Crippen LogP contribution in [0.25, 0.3) is 0 Å². The summed E-state index contributed by atoms with van der Waals surface area (Å²) in [5.74, 6) is 1.63. The highest BCUT2D eigenvalue weighted by molar-refractivity contribution is 5.33. The molecule has 0 spiro atoms. The average Bonchev–Trinajstić information content (AvgIpc) is 2.53. The van der Waals surface area contributed by atoms with Gasteiger partial charge in [0.25, 0.3) is 5.56 Å². The van der Waals surface area contributed by atoms with E-state index < -0.39 is 0 Å². The van der Waals surface area contributed by atoms with Crippen molar-refractivity contribution in [2.45, 2.75) is 6.54 Å². The van der Waals surface area contributed by atoms with Gasteiger partial charge in [-0.1, -0.05) is 18.2 Å². The van der Waals surface area contributed by atoms with Gasteiger partial charge in [-0.05, 0) is 18.2 Å². The Kier molecular flexibility index (Phi) is 5.97. The first-order valence-electron chi connectivity index (χ1n) is 7.31. The van der Waals surface area contributed by atoms with E-state index >= 15 is 0 Å². The summed E-state index contributed by atoms with van der Waals surface area (Å²) in [4.78, 5) is 13.6. The molecular formula is C16H22N4O2. The van der Waals surface area contributed by atoms with Crippen LogP contribution in [0.4, 0.5) is 5.82 Å². The first kappa shape index (κ1) is 16.0. The van der Waals surface area contributed by atoms with Crippen molar-refractivity contribution in [2.24, 2.45) is 0 Å². The zero-order valence-electron chi connectivity index (χ0n) is 13.0. The van der Waals surface area contributed by atoms with Crippen molar-refractivity contribution >= 4 is 5.82 Å². The summed E-state index contributed by atoms with van der Waals surface area (Å²) in [7, 11) is 3.80. The van der Waals surface area contributed by atoms with Crippen molar-refractivity contribution in [1.82, 2.24) is 15.1 Å². The van der Waals surface area contributed by atoms with E-state index in [1.54, 1.807) is 12.1 Å². The number of benzene rings is 1. The zero-order chi connectivity index (χ0) is 15.8. The lowest BCUT2D eigenvalue weighted by Gasteiger charge is -2.13. The van der Waals surface area contributed by atoms with E-state index in [4.69, 9.17) is 4.74 Å². The number of rotatable bonds is 8. The molecule has 0 saturated heterocycles. The molecule has 1 aromatic heterocycles. The van der Waals surface area contributed by atoms with Crippen LogP contribution in [0.2, 0.25) is 0 Å². The topological polar surface area (TPSA) is 59.4 Å². The lowest BCUT2D eigenvalue weighted by Crippen LogP contribution is -2.31. The molecule has 1 aromatic carbocycles. The second-order valence-electron chi connectivity index (χ2n) is 5.06. The van der Waals surface area contributed by atoms with Crippen molar-refractivity contribution < 1.29 is 4.74 Å². The average molecular weight is 302 g/mol. The van der Waals surface area contributed by atoms with Gasteiger partial charge in [0.1, 0.15) is 18.2 Å². The van der Waals surface area contributed by atoms with Gasteiger partial charge < -0.3 is 15.0 Å². The Morgan fingerprint density at radius 3 is 2.64 bits per heavy atom. The van der Waals surface area contributed by atoms with E-state index in [1.807, 2.05) is 49.3 Å². The van der Waals surface area contributed by atoms with Gasteiger partial charge in [-0.2, -0.15) is 5.10 Å². The number of para-hydroxylation sites is 1. The minimum atomic E-state index is -0.0899. The molecule has 2 rings (SSSR count).